The molecule has 164 valence electrons. The van der Waals surface area contributed by atoms with Gasteiger partial charge < -0.3 is 14.7 Å². The molecule has 2 aromatic carbocycles. The van der Waals surface area contributed by atoms with E-state index < -0.39 is 5.97 Å². The summed E-state index contributed by atoms with van der Waals surface area (Å²) in [6, 6.07) is 14.5. The summed E-state index contributed by atoms with van der Waals surface area (Å²) >= 11 is 0. The van der Waals surface area contributed by atoms with Gasteiger partial charge in [0.25, 0.3) is 5.91 Å². The number of nitrogens with zero attached hydrogens (tertiary/aromatic N) is 2. The first-order valence-electron chi connectivity index (χ1n) is 10.9. The Morgan fingerprint density at radius 3 is 2.50 bits per heavy atom. The van der Waals surface area contributed by atoms with Crippen LogP contribution in [-0.2, 0) is 16.0 Å². The van der Waals surface area contributed by atoms with Crippen molar-refractivity contribution in [2.45, 2.75) is 26.7 Å². The van der Waals surface area contributed by atoms with Gasteiger partial charge in [0, 0.05) is 18.5 Å². The number of carbonyl (C=O) groups is 2. The Morgan fingerprint density at radius 2 is 1.78 bits per heavy atom. The molecule has 6 nitrogen and oxygen atoms in total. The fourth-order valence-electron chi connectivity index (χ4n) is 4.15. The second-order valence-corrected chi connectivity index (χ2v) is 7.73. The van der Waals surface area contributed by atoms with Crippen molar-refractivity contribution in [3.63, 3.8) is 0 Å². The third kappa shape index (κ3) is 4.21. The average Bonchev–Trinajstić information content (AvgIpc) is 3.20. The van der Waals surface area contributed by atoms with E-state index in [4.69, 9.17) is 9.72 Å². The third-order valence-corrected chi connectivity index (χ3v) is 5.82. The number of aromatic nitrogens is 1. The molecule has 0 atom stereocenters. The lowest BCUT2D eigenvalue weighted by molar-refractivity contribution is -0.134. The number of para-hydroxylation sites is 1. The summed E-state index contributed by atoms with van der Waals surface area (Å²) in [5.41, 5.74) is 4.84. The van der Waals surface area contributed by atoms with Gasteiger partial charge >= 0.3 is 5.97 Å². The van der Waals surface area contributed by atoms with E-state index in [-0.39, 0.29) is 18.3 Å². The van der Waals surface area contributed by atoms with Crippen molar-refractivity contribution in [1.29, 1.82) is 0 Å². The monoisotopic (exact) mass is 430 g/mol. The van der Waals surface area contributed by atoms with Crippen LogP contribution < -0.4 is 0 Å². The van der Waals surface area contributed by atoms with Gasteiger partial charge in [0.1, 0.15) is 5.75 Å². The van der Waals surface area contributed by atoms with Gasteiger partial charge in [-0.1, -0.05) is 30.3 Å². The number of ether oxygens (including phenoxy) is 1. The summed E-state index contributed by atoms with van der Waals surface area (Å²) in [6.07, 6.45) is 3.45. The van der Waals surface area contributed by atoms with E-state index in [1.54, 1.807) is 17.0 Å². The molecule has 0 saturated carbocycles. The topological polar surface area (TPSA) is 79.7 Å². The molecule has 1 heterocycles. The van der Waals surface area contributed by atoms with E-state index in [2.05, 4.69) is 0 Å². The number of carbonyl (C=O) groups excluding carboxylic acids is 2. The highest BCUT2D eigenvalue weighted by Crippen LogP contribution is 2.37. The molecule has 1 aromatic heterocycles. The van der Waals surface area contributed by atoms with Crippen LogP contribution in [-0.4, -0.2) is 46.6 Å². The minimum atomic E-state index is -0.494. The van der Waals surface area contributed by atoms with Crippen LogP contribution in [0.4, 0.5) is 0 Å². The number of rotatable bonds is 6. The number of esters is 1. The minimum Gasteiger partial charge on any atom is -0.508 e. The van der Waals surface area contributed by atoms with Crippen LogP contribution in [0.3, 0.4) is 0 Å². The molecule has 3 aromatic rings. The average molecular weight is 431 g/mol. The summed E-state index contributed by atoms with van der Waals surface area (Å²) in [5.74, 6) is -0.482. The molecular formula is C26H26N2O4. The molecule has 4 rings (SSSR count). The van der Waals surface area contributed by atoms with Crippen LogP contribution in [0, 0.1) is 0 Å². The van der Waals surface area contributed by atoms with Gasteiger partial charge in [-0.25, -0.2) is 9.78 Å². The van der Waals surface area contributed by atoms with Crippen LogP contribution in [0.5, 0.6) is 5.75 Å². The summed E-state index contributed by atoms with van der Waals surface area (Å²) in [7, 11) is 0. The standard InChI is InChI=1S/C26H26N2O4/c1-3-28(4-2)23(30)16-32-26(31)24-20-7-5-6-8-22(20)27-25-18(11-14-21(24)25)15-17-9-12-19(29)13-10-17/h5-10,12-13,15,29H,3-4,11,14,16H2,1-2H3/b18-15-. The van der Waals surface area contributed by atoms with Gasteiger partial charge in [-0.05, 0) is 67.7 Å². The first-order valence-corrected chi connectivity index (χ1v) is 10.9. The molecule has 1 N–H and O–H groups in total. The highest BCUT2D eigenvalue weighted by Gasteiger charge is 2.28. The number of phenolic OH excluding ortho intramolecular Hbond substituents is 1. The van der Waals surface area contributed by atoms with Crippen molar-refractivity contribution in [2.75, 3.05) is 19.7 Å². The van der Waals surface area contributed by atoms with Gasteiger partial charge in [-0.2, -0.15) is 0 Å². The molecule has 1 aliphatic rings. The number of hydrogen-bond donors (Lipinski definition) is 1. The van der Waals surface area contributed by atoms with Crippen LogP contribution in [0.1, 0.15) is 47.4 Å². The molecule has 0 bridgehead atoms. The molecule has 32 heavy (non-hydrogen) atoms. The number of fused-ring (bicyclic) bond motifs is 2. The lowest BCUT2D eigenvalue weighted by Gasteiger charge is -2.18. The molecule has 6 heteroatoms. The van der Waals surface area contributed by atoms with Gasteiger partial charge in [0.2, 0.25) is 0 Å². The molecule has 1 aliphatic carbocycles. The zero-order valence-corrected chi connectivity index (χ0v) is 18.3. The van der Waals surface area contributed by atoms with Gasteiger partial charge in [-0.15, -0.1) is 0 Å². The number of pyridine rings is 1. The van der Waals surface area contributed by atoms with Crippen molar-refractivity contribution in [1.82, 2.24) is 9.88 Å². The van der Waals surface area contributed by atoms with Gasteiger partial charge in [0.15, 0.2) is 6.61 Å². The fourth-order valence-corrected chi connectivity index (χ4v) is 4.15. The fraction of sp³-hybridized carbons (Fsp3) is 0.269. The van der Waals surface area contributed by atoms with Crippen LogP contribution in [0.2, 0.25) is 0 Å². The smallest absolute Gasteiger partial charge is 0.339 e. The molecule has 1 amide bonds. The number of hydrogen-bond acceptors (Lipinski definition) is 5. The summed E-state index contributed by atoms with van der Waals surface area (Å²) < 4.78 is 5.47. The quantitative estimate of drug-likeness (QED) is 0.585. The van der Waals surface area contributed by atoms with Crippen LogP contribution >= 0.6 is 0 Å². The molecule has 0 radical (unpaired) electrons. The predicted molar refractivity (Wildman–Crippen MR) is 124 cm³/mol. The second kappa shape index (κ2) is 9.22. The summed E-state index contributed by atoms with van der Waals surface area (Å²) in [6.45, 7) is 4.67. The van der Waals surface area contributed by atoms with Gasteiger partial charge in [-0.3, -0.25) is 4.79 Å². The molecule has 0 aliphatic heterocycles. The zero-order valence-electron chi connectivity index (χ0n) is 18.3. The van der Waals surface area contributed by atoms with Gasteiger partial charge in [0.05, 0.1) is 16.8 Å². The van der Waals surface area contributed by atoms with Crippen molar-refractivity contribution in [3.05, 3.63) is 70.9 Å². The highest BCUT2D eigenvalue weighted by atomic mass is 16.5. The third-order valence-electron chi connectivity index (χ3n) is 5.82. The van der Waals surface area contributed by atoms with E-state index in [1.807, 2.05) is 56.3 Å². The van der Waals surface area contributed by atoms with E-state index in [0.29, 0.717) is 30.6 Å². The SMILES string of the molecule is CCN(CC)C(=O)COC(=O)c1c2c(nc3ccccc13)/C(=C\c1ccc(O)cc1)CC2. The van der Waals surface area contributed by atoms with Crippen molar-refractivity contribution in [2.24, 2.45) is 0 Å². The van der Waals surface area contributed by atoms with Crippen molar-refractivity contribution in [3.8, 4) is 5.75 Å². The number of likely N-dealkylation sites (N-methyl/N-ethyl adjacent to an activating group) is 1. The number of aromatic hydroxyl groups is 1. The Kier molecular flexibility index (Phi) is 6.21. The van der Waals surface area contributed by atoms with Crippen molar-refractivity contribution >= 4 is 34.4 Å². The van der Waals surface area contributed by atoms with E-state index in [0.717, 1.165) is 34.2 Å². The first-order chi connectivity index (χ1) is 15.5. The molecule has 0 fully saturated rings. The predicted octanol–water partition coefficient (Wildman–Crippen LogP) is 4.45. The van der Waals surface area contributed by atoms with E-state index in [9.17, 15) is 14.7 Å². The summed E-state index contributed by atoms with van der Waals surface area (Å²) in [5, 5.41) is 10.3. The van der Waals surface area contributed by atoms with Crippen LogP contribution in [0.25, 0.3) is 22.6 Å². The normalized spacial score (nSPS) is 13.9. The van der Waals surface area contributed by atoms with E-state index >= 15 is 0 Å². The molecule has 0 unspecified atom stereocenters. The highest BCUT2D eigenvalue weighted by molar-refractivity contribution is 6.07. The Labute approximate surface area is 187 Å². The Hall–Kier alpha value is -3.67. The largest absolute Gasteiger partial charge is 0.508 e. The number of phenols is 1. The molecular weight excluding hydrogens is 404 g/mol. The Bertz CT molecular complexity index is 1190. The lowest BCUT2D eigenvalue weighted by Crippen LogP contribution is -2.34. The molecule has 0 spiro atoms. The zero-order chi connectivity index (χ0) is 22.7. The maximum atomic E-state index is 13.2. The number of allylic oxidation sites excluding steroid dienone is 1. The number of benzene rings is 2. The Morgan fingerprint density at radius 1 is 1.06 bits per heavy atom. The molecule has 0 saturated heterocycles. The summed E-state index contributed by atoms with van der Waals surface area (Å²) in [4.78, 5) is 32.0. The lowest BCUT2D eigenvalue weighted by atomic mass is 10.0. The number of amides is 1. The Balaban J connectivity index is 1.71. The maximum absolute atomic E-state index is 13.2. The maximum Gasteiger partial charge on any atom is 0.339 e. The second-order valence-electron chi connectivity index (χ2n) is 7.73. The van der Waals surface area contributed by atoms with E-state index in [1.165, 1.54) is 0 Å². The van der Waals surface area contributed by atoms with Crippen LogP contribution in [0.15, 0.2) is 48.5 Å². The first kappa shape index (κ1) is 21.6. The minimum absolute atomic E-state index is 0.203. The van der Waals surface area contributed by atoms with Crippen molar-refractivity contribution < 1.29 is 19.4 Å².